The Labute approximate surface area is 121 Å². The van der Waals surface area contributed by atoms with Crippen LogP contribution in [0, 0.1) is 5.92 Å². The van der Waals surface area contributed by atoms with Crippen molar-refractivity contribution in [2.24, 2.45) is 5.92 Å². The van der Waals surface area contributed by atoms with Gasteiger partial charge in [0, 0.05) is 0 Å². The lowest BCUT2D eigenvalue weighted by Crippen LogP contribution is -2.26. The Morgan fingerprint density at radius 2 is 1.85 bits per heavy atom. The van der Waals surface area contributed by atoms with Crippen LogP contribution < -0.4 is 0 Å². The summed E-state index contributed by atoms with van der Waals surface area (Å²) in [7, 11) is 0. The van der Waals surface area contributed by atoms with Crippen molar-refractivity contribution in [3.8, 4) is 0 Å². The molecule has 2 rings (SSSR count). The second-order valence-corrected chi connectivity index (χ2v) is 5.86. The first-order valence-corrected chi connectivity index (χ1v) is 7.73. The molecule has 0 radical (unpaired) electrons. The van der Waals surface area contributed by atoms with Gasteiger partial charge < -0.3 is 14.9 Å². The van der Waals surface area contributed by atoms with Crippen LogP contribution in [0.4, 0.5) is 0 Å². The Morgan fingerprint density at radius 3 is 2.65 bits per heavy atom. The summed E-state index contributed by atoms with van der Waals surface area (Å²) >= 11 is 0. The van der Waals surface area contributed by atoms with Gasteiger partial charge in [-0.05, 0) is 30.7 Å². The first kappa shape index (κ1) is 15.5. The van der Waals surface area contributed by atoms with Crippen LogP contribution in [0.3, 0.4) is 0 Å². The average molecular weight is 278 g/mol. The van der Waals surface area contributed by atoms with E-state index >= 15 is 0 Å². The number of aliphatic hydroxyl groups is 2. The lowest BCUT2D eigenvalue weighted by Gasteiger charge is -2.23. The highest BCUT2D eigenvalue weighted by atomic mass is 16.5. The van der Waals surface area contributed by atoms with Crippen LogP contribution in [0.25, 0.3) is 0 Å². The molecule has 1 aliphatic carbocycles. The second-order valence-electron chi connectivity index (χ2n) is 5.86. The van der Waals surface area contributed by atoms with Crippen LogP contribution in [0.2, 0.25) is 0 Å². The summed E-state index contributed by atoms with van der Waals surface area (Å²) in [5.41, 5.74) is 1.12. The van der Waals surface area contributed by atoms with E-state index < -0.39 is 6.10 Å². The molecule has 0 amide bonds. The molecule has 112 valence electrons. The lowest BCUT2D eigenvalue weighted by molar-refractivity contribution is -0.00194. The smallest absolute Gasteiger partial charge is 0.0777 e. The maximum Gasteiger partial charge on any atom is 0.0777 e. The third-order valence-corrected chi connectivity index (χ3v) is 4.12. The minimum absolute atomic E-state index is 0.229. The van der Waals surface area contributed by atoms with E-state index in [-0.39, 0.29) is 12.0 Å². The van der Waals surface area contributed by atoms with E-state index in [0.29, 0.717) is 19.6 Å². The van der Waals surface area contributed by atoms with Crippen molar-refractivity contribution in [2.45, 2.75) is 57.3 Å². The zero-order valence-electron chi connectivity index (χ0n) is 12.1. The largest absolute Gasteiger partial charge is 0.393 e. The quantitative estimate of drug-likeness (QED) is 0.787. The summed E-state index contributed by atoms with van der Waals surface area (Å²) in [5, 5.41) is 20.1. The molecule has 20 heavy (non-hydrogen) atoms. The fourth-order valence-corrected chi connectivity index (χ4v) is 2.94. The number of aliphatic hydroxyl groups excluding tert-OH is 2. The van der Waals surface area contributed by atoms with Crippen molar-refractivity contribution in [1.29, 1.82) is 0 Å². The van der Waals surface area contributed by atoms with E-state index in [0.717, 1.165) is 24.8 Å². The predicted octanol–water partition coefficient (Wildman–Crippen LogP) is 2.90. The maximum absolute atomic E-state index is 10.1. The molecule has 2 N–H and O–H groups in total. The van der Waals surface area contributed by atoms with Crippen molar-refractivity contribution in [1.82, 2.24) is 0 Å². The minimum Gasteiger partial charge on any atom is -0.393 e. The Hall–Kier alpha value is -0.900. The van der Waals surface area contributed by atoms with Gasteiger partial charge in [-0.3, -0.25) is 0 Å². The molecule has 3 atom stereocenters. The molecule has 0 spiro atoms. The van der Waals surface area contributed by atoms with Gasteiger partial charge in [0.05, 0.1) is 25.4 Å². The van der Waals surface area contributed by atoms with E-state index in [1.165, 1.54) is 12.8 Å². The molecule has 0 aromatic heterocycles. The highest BCUT2D eigenvalue weighted by molar-refractivity contribution is 5.13. The van der Waals surface area contributed by atoms with Gasteiger partial charge in [-0.15, -0.1) is 0 Å². The molecule has 0 saturated heterocycles. The Kier molecular flexibility index (Phi) is 6.51. The van der Waals surface area contributed by atoms with E-state index in [2.05, 4.69) is 0 Å². The summed E-state index contributed by atoms with van der Waals surface area (Å²) in [5.74, 6) is 0.229. The normalized spacial score (nSPS) is 25.1. The van der Waals surface area contributed by atoms with Crippen molar-refractivity contribution >= 4 is 0 Å². The molecule has 0 bridgehead atoms. The zero-order valence-corrected chi connectivity index (χ0v) is 12.1. The second kappa shape index (κ2) is 8.40. The van der Waals surface area contributed by atoms with Crippen LogP contribution in [-0.2, 0) is 11.3 Å². The maximum atomic E-state index is 10.1. The molecular weight excluding hydrogens is 252 g/mol. The van der Waals surface area contributed by atoms with Gasteiger partial charge in [-0.2, -0.15) is 0 Å². The predicted molar refractivity (Wildman–Crippen MR) is 79.3 cm³/mol. The van der Waals surface area contributed by atoms with Gasteiger partial charge in [0.2, 0.25) is 0 Å². The van der Waals surface area contributed by atoms with Gasteiger partial charge in [-0.25, -0.2) is 0 Å². The van der Waals surface area contributed by atoms with Crippen molar-refractivity contribution < 1.29 is 14.9 Å². The Bertz CT molecular complexity index is 366. The van der Waals surface area contributed by atoms with Crippen LogP contribution in [-0.4, -0.2) is 29.0 Å². The van der Waals surface area contributed by atoms with E-state index in [9.17, 15) is 10.2 Å². The molecule has 1 saturated carbocycles. The number of benzene rings is 1. The molecule has 0 aliphatic heterocycles. The van der Waals surface area contributed by atoms with Crippen LogP contribution in [0.15, 0.2) is 30.3 Å². The van der Waals surface area contributed by atoms with E-state index in [4.69, 9.17) is 4.74 Å². The van der Waals surface area contributed by atoms with Gasteiger partial charge >= 0.3 is 0 Å². The average Bonchev–Trinajstić information content (AvgIpc) is 2.65. The first-order valence-electron chi connectivity index (χ1n) is 7.73. The van der Waals surface area contributed by atoms with Crippen LogP contribution >= 0.6 is 0 Å². The number of hydrogen-bond donors (Lipinski definition) is 2. The summed E-state index contributed by atoms with van der Waals surface area (Å²) in [4.78, 5) is 0. The number of ether oxygens (including phenoxy) is 1. The summed E-state index contributed by atoms with van der Waals surface area (Å²) in [6, 6.07) is 9.97. The van der Waals surface area contributed by atoms with Gasteiger partial charge in [0.1, 0.15) is 0 Å². The Morgan fingerprint density at radius 1 is 1.10 bits per heavy atom. The third kappa shape index (κ3) is 5.23. The first-order chi connectivity index (χ1) is 9.75. The third-order valence-electron chi connectivity index (χ3n) is 4.12. The van der Waals surface area contributed by atoms with Gasteiger partial charge in [0.15, 0.2) is 0 Å². The molecule has 1 aromatic rings. The molecule has 1 aliphatic rings. The minimum atomic E-state index is -0.475. The Balaban J connectivity index is 1.68. The van der Waals surface area contributed by atoms with Crippen molar-refractivity contribution in [3.05, 3.63) is 35.9 Å². The van der Waals surface area contributed by atoms with Gasteiger partial charge in [0.25, 0.3) is 0 Å². The van der Waals surface area contributed by atoms with Crippen molar-refractivity contribution in [3.63, 3.8) is 0 Å². The monoisotopic (exact) mass is 278 g/mol. The molecule has 3 unspecified atom stereocenters. The molecular formula is C17H26O3. The molecule has 1 fully saturated rings. The zero-order chi connectivity index (χ0) is 14.2. The highest BCUT2D eigenvalue weighted by Crippen LogP contribution is 2.27. The highest BCUT2D eigenvalue weighted by Gasteiger charge is 2.24. The fourth-order valence-electron chi connectivity index (χ4n) is 2.94. The molecule has 3 heteroatoms. The molecule has 1 aromatic carbocycles. The van der Waals surface area contributed by atoms with Crippen molar-refractivity contribution in [2.75, 3.05) is 6.61 Å². The molecule has 0 heterocycles. The number of hydrogen-bond acceptors (Lipinski definition) is 3. The lowest BCUT2D eigenvalue weighted by atomic mass is 9.91. The van der Waals surface area contributed by atoms with Crippen LogP contribution in [0.5, 0.6) is 0 Å². The van der Waals surface area contributed by atoms with E-state index in [1.54, 1.807) is 0 Å². The van der Waals surface area contributed by atoms with Crippen LogP contribution in [0.1, 0.15) is 44.1 Å². The standard InChI is InChI=1S/C17H26O3/c18-16(11-15-9-5-2-6-10-17(15)19)13-20-12-14-7-3-1-4-8-14/h1,3-4,7-8,15-19H,2,5-6,9-13H2. The number of rotatable bonds is 6. The fraction of sp³-hybridized carbons (Fsp3) is 0.647. The summed E-state index contributed by atoms with van der Waals surface area (Å²) in [6.07, 6.45) is 5.30. The summed E-state index contributed by atoms with van der Waals surface area (Å²) < 4.78 is 5.56. The SMILES string of the molecule is OC(COCc1ccccc1)CC1CCCCCC1O. The molecule has 3 nitrogen and oxygen atoms in total. The topological polar surface area (TPSA) is 49.7 Å². The van der Waals surface area contributed by atoms with E-state index in [1.807, 2.05) is 30.3 Å². The van der Waals surface area contributed by atoms with Gasteiger partial charge in [-0.1, -0.05) is 49.6 Å². The summed E-state index contributed by atoms with van der Waals surface area (Å²) in [6.45, 7) is 0.878.